The topological polar surface area (TPSA) is 210 Å². The fourth-order valence-corrected chi connectivity index (χ4v) is 7.22. The van der Waals surface area contributed by atoms with Crippen molar-refractivity contribution in [1.29, 1.82) is 0 Å². The molecule has 1 saturated carbocycles. The highest BCUT2D eigenvalue weighted by Gasteiger charge is 2.51. The highest BCUT2D eigenvalue weighted by molar-refractivity contribution is 7.47. The molecule has 348 valence electrons. The minimum Gasteiger partial charge on any atom is -0.462 e. The molecule has 0 radical (unpaired) electrons. The van der Waals surface area contributed by atoms with Crippen LogP contribution in [0.4, 0.5) is 0 Å². The maximum Gasteiger partial charge on any atom is 0.472 e. The zero-order valence-electron chi connectivity index (χ0n) is 36.7. The largest absolute Gasteiger partial charge is 0.472 e. The summed E-state index contributed by atoms with van der Waals surface area (Å²) in [4.78, 5) is 35.6. The molecule has 14 heteroatoms. The van der Waals surface area contributed by atoms with E-state index in [0.29, 0.717) is 19.3 Å². The molecule has 6 N–H and O–H groups in total. The molecule has 13 nitrogen and oxygen atoms in total. The van der Waals surface area contributed by atoms with E-state index in [1.165, 1.54) is 51.4 Å². The number of carbonyl (C=O) groups excluding carboxylic acids is 2. The Morgan fingerprint density at radius 2 is 0.951 bits per heavy atom. The second-order valence-corrected chi connectivity index (χ2v) is 16.7. The lowest BCUT2D eigenvalue weighted by Gasteiger charge is -2.41. The number of esters is 2. The van der Waals surface area contributed by atoms with E-state index >= 15 is 0 Å². The smallest absolute Gasteiger partial charge is 0.462 e. The van der Waals surface area contributed by atoms with Crippen molar-refractivity contribution in [2.45, 2.75) is 185 Å². The molecule has 0 heterocycles. The molecule has 0 aliphatic heterocycles. The molecule has 0 saturated heterocycles. The maximum absolute atomic E-state index is 12.8. The van der Waals surface area contributed by atoms with Crippen LogP contribution in [0.15, 0.2) is 85.1 Å². The van der Waals surface area contributed by atoms with Crippen molar-refractivity contribution in [3.63, 3.8) is 0 Å². The van der Waals surface area contributed by atoms with E-state index in [0.717, 1.165) is 44.9 Å². The first-order valence-electron chi connectivity index (χ1n) is 22.5. The van der Waals surface area contributed by atoms with Crippen molar-refractivity contribution in [2.75, 3.05) is 13.2 Å². The minimum absolute atomic E-state index is 0.00468. The van der Waals surface area contributed by atoms with Crippen molar-refractivity contribution in [3.05, 3.63) is 85.1 Å². The average Bonchev–Trinajstić information content (AvgIpc) is 3.24. The first kappa shape index (κ1) is 56.0. The van der Waals surface area contributed by atoms with E-state index in [4.69, 9.17) is 18.5 Å². The molecule has 0 aromatic heterocycles. The summed E-state index contributed by atoms with van der Waals surface area (Å²) in [6.07, 6.45) is 33.7. The van der Waals surface area contributed by atoms with Gasteiger partial charge in [-0.05, 0) is 51.4 Å². The third kappa shape index (κ3) is 29.1. The van der Waals surface area contributed by atoms with Gasteiger partial charge in [0, 0.05) is 12.8 Å². The molecule has 1 aliphatic rings. The summed E-state index contributed by atoms with van der Waals surface area (Å²) in [5.41, 5.74) is 0. The molecule has 1 aliphatic carbocycles. The third-order valence-electron chi connectivity index (χ3n) is 9.88. The van der Waals surface area contributed by atoms with E-state index in [1.807, 2.05) is 54.7 Å². The van der Waals surface area contributed by atoms with Crippen LogP contribution in [-0.4, -0.2) is 98.3 Å². The Morgan fingerprint density at radius 3 is 1.49 bits per heavy atom. The van der Waals surface area contributed by atoms with Gasteiger partial charge in [0.05, 0.1) is 6.61 Å². The van der Waals surface area contributed by atoms with Crippen LogP contribution < -0.4 is 0 Å². The van der Waals surface area contributed by atoms with Gasteiger partial charge in [-0.1, -0.05) is 163 Å². The van der Waals surface area contributed by atoms with E-state index in [9.17, 15) is 44.6 Å². The fourth-order valence-electron chi connectivity index (χ4n) is 6.25. The number of phosphoric ester groups is 1. The van der Waals surface area contributed by atoms with Gasteiger partial charge in [-0.15, -0.1) is 0 Å². The molecule has 7 unspecified atom stereocenters. The fraction of sp³-hybridized carbons (Fsp3) is 0.660. The third-order valence-corrected chi connectivity index (χ3v) is 10.9. The van der Waals surface area contributed by atoms with Gasteiger partial charge in [0.15, 0.2) is 6.10 Å². The lowest BCUT2D eigenvalue weighted by atomic mass is 9.85. The predicted octanol–water partition coefficient (Wildman–Crippen LogP) is 8.50. The number of rotatable bonds is 35. The van der Waals surface area contributed by atoms with Gasteiger partial charge in [0.1, 0.15) is 43.2 Å². The molecule has 0 aromatic rings. The van der Waals surface area contributed by atoms with Crippen molar-refractivity contribution >= 4 is 19.8 Å². The number of aliphatic hydroxyl groups excluding tert-OH is 5. The summed E-state index contributed by atoms with van der Waals surface area (Å²) >= 11 is 0. The Morgan fingerprint density at radius 1 is 0.525 bits per heavy atom. The van der Waals surface area contributed by atoms with Crippen LogP contribution in [0, 0.1) is 0 Å². The number of phosphoric acid groups is 1. The molecular formula is C47H77O13P. The average molecular weight is 881 g/mol. The second-order valence-electron chi connectivity index (χ2n) is 15.3. The van der Waals surface area contributed by atoms with Crippen LogP contribution in [0.1, 0.15) is 142 Å². The van der Waals surface area contributed by atoms with Crippen molar-refractivity contribution in [3.8, 4) is 0 Å². The monoisotopic (exact) mass is 881 g/mol. The SMILES string of the molecule is CC/C=C/C=C/C=C/C=C/C=C/CCCC(=O)OC(COC(=O)CCCCCCCCCCCC/C=C/C=C/CCCCC)COP(=O)(O)OC1C(O)C(O)C(O)[C@H](O)C1O. The Kier molecular flexibility index (Phi) is 33.5. The molecule has 0 amide bonds. The molecule has 1 rings (SSSR count). The zero-order chi connectivity index (χ0) is 45.0. The molecule has 0 aromatic carbocycles. The second kappa shape index (κ2) is 36.5. The highest BCUT2D eigenvalue weighted by atomic mass is 31.2. The quantitative estimate of drug-likeness (QED) is 0.0153. The zero-order valence-corrected chi connectivity index (χ0v) is 37.6. The number of carbonyl (C=O) groups is 2. The van der Waals surface area contributed by atoms with Crippen LogP contribution in [0.5, 0.6) is 0 Å². The van der Waals surface area contributed by atoms with Crippen LogP contribution in [-0.2, 0) is 32.7 Å². The Labute approximate surface area is 365 Å². The van der Waals surface area contributed by atoms with E-state index in [1.54, 1.807) is 0 Å². The van der Waals surface area contributed by atoms with Gasteiger partial charge < -0.3 is 39.9 Å². The summed E-state index contributed by atoms with van der Waals surface area (Å²) in [6, 6.07) is 0. The van der Waals surface area contributed by atoms with Crippen LogP contribution >= 0.6 is 7.82 Å². The molecular weight excluding hydrogens is 803 g/mol. The molecule has 1 fully saturated rings. The molecule has 0 spiro atoms. The summed E-state index contributed by atoms with van der Waals surface area (Å²) in [5.74, 6) is -1.20. The van der Waals surface area contributed by atoms with Gasteiger partial charge >= 0.3 is 19.8 Å². The molecule has 8 atom stereocenters. The summed E-state index contributed by atoms with van der Waals surface area (Å²) in [7, 11) is -5.14. The van der Waals surface area contributed by atoms with Crippen LogP contribution in [0.2, 0.25) is 0 Å². The number of hydrogen-bond acceptors (Lipinski definition) is 12. The van der Waals surface area contributed by atoms with E-state index < -0.39 is 75.7 Å². The van der Waals surface area contributed by atoms with Gasteiger partial charge in [-0.25, -0.2) is 4.57 Å². The van der Waals surface area contributed by atoms with Gasteiger partial charge in [-0.2, -0.15) is 0 Å². The van der Waals surface area contributed by atoms with E-state index in [-0.39, 0.29) is 12.8 Å². The van der Waals surface area contributed by atoms with Gasteiger partial charge in [0.25, 0.3) is 0 Å². The summed E-state index contributed by atoms with van der Waals surface area (Å²) < 4.78 is 33.4. The summed E-state index contributed by atoms with van der Waals surface area (Å²) in [6.45, 7) is 3.04. The van der Waals surface area contributed by atoms with Crippen molar-refractivity contribution < 1.29 is 63.1 Å². The number of aliphatic hydroxyl groups is 5. The van der Waals surface area contributed by atoms with E-state index in [2.05, 4.69) is 44.2 Å². The Bertz CT molecular complexity index is 1390. The predicted molar refractivity (Wildman–Crippen MR) is 239 cm³/mol. The Hall–Kier alpha value is -2.97. The van der Waals surface area contributed by atoms with Gasteiger partial charge in [-0.3, -0.25) is 18.6 Å². The number of hydrogen-bond donors (Lipinski definition) is 6. The van der Waals surface area contributed by atoms with Crippen LogP contribution in [0.3, 0.4) is 0 Å². The maximum atomic E-state index is 12.8. The summed E-state index contributed by atoms with van der Waals surface area (Å²) in [5, 5.41) is 50.1. The number of unbranched alkanes of at least 4 members (excludes halogenated alkanes) is 14. The highest BCUT2D eigenvalue weighted by Crippen LogP contribution is 2.47. The van der Waals surface area contributed by atoms with Crippen molar-refractivity contribution in [2.24, 2.45) is 0 Å². The first-order valence-corrected chi connectivity index (χ1v) is 24.0. The van der Waals surface area contributed by atoms with Gasteiger partial charge in [0.2, 0.25) is 0 Å². The van der Waals surface area contributed by atoms with Crippen molar-refractivity contribution in [1.82, 2.24) is 0 Å². The molecule has 61 heavy (non-hydrogen) atoms. The minimum atomic E-state index is -5.14. The standard InChI is InChI=1S/C47H77O13P/c1-3-5-7-9-11-13-15-17-18-19-20-21-22-24-25-27-29-31-33-35-40(48)57-37-39(38-58-61(55,56)60-47-45(53)43(51)42(50)44(52)46(47)54)59-41(49)36-34-32-30-28-26-23-16-14-12-10-8-6-4-2/h6,8,10-17,23,26,28,30,39,42-47,50-54H,3-5,7,9,18-22,24-25,27,29,31-38H2,1-2H3,(H,55,56)/b8-6+,12-10+,13-11+,16-14+,17-15+,26-23+,30-28+/t39?,42?,43-,44?,45?,46?,47?/m0/s1. The number of ether oxygens (including phenoxy) is 2. The lowest BCUT2D eigenvalue weighted by Crippen LogP contribution is -2.64. The normalized spacial score (nSPS) is 22.8. The van der Waals surface area contributed by atoms with Crippen LogP contribution in [0.25, 0.3) is 0 Å². The lowest BCUT2D eigenvalue weighted by molar-refractivity contribution is -0.220. The number of allylic oxidation sites excluding steroid dienone is 14. The first-order chi connectivity index (χ1) is 29.4. The molecule has 0 bridgehead atoms. The Balaban J connectivity index is 2.49.